The van der Waals surface area contributed by atoms with Gasteiger partial charge >= 0.3 is 0 Å². The van der Waals surface area contributed by atoms with Crippen LogP contribution in [-0.2, 0) is 16.4 Å². The van der Waals surface area contributed by atoms with Crippen molar-refractivity contribution in [3.05, 3.63) is 72.1 Å². The molecule has 32 heavy (non-hydrogen) atoms. The van der Waals surface area contributed by atoms with Gasteiger partial charge in [-0.3, -0.25) is 14.5 Å². The van der Waals surface area contributed by atoms with E-state index in [-0.39, 0.29) is 16.6 Å². The average molecular weight is 454 g/mol. The van der Waals surface area contributed by atoms with Gasteiger partial charge in [-0.05, 0) is 54.8 Å². The second kappa shape index (κ2) is 8.88. The van der Waals surface area contributed by atoms with Crippen molar-refractivity contribution in [1.29, 1.82) is 0 Å². The van der Waals surface area contributed by atoms with Crippen LogP contribution in [0.15, 0.2) is 65.8 Å². The predicted molar refractivity (Wildman–Crippen MR) is 121 cm³/mol. The van der Waals surface area contributed by atoms with E-state index in [1.807, 2.05) is 6.07 Å². The number of carbonyl (C=O) groups excluding carboxylic acids is 1. The molecule has 0 aliphatic carbocycles. The van der Waals surface area contributed by atoms with E-state index >= 15 is 0 Å². The van der Waals surface area contributed by atoms with Crippen LogP contribution in [0.3, 0.4) is 0 Å². The van der Waals surface area contributed by atoms with Gasteiger partial charge in [0.2, 0.25) is 0 Å². The summed E-state index contributed by atoms with van der Waals surface area (Å²) in [5, 5.41) is 0. The van der Waals surface area contributed by atoms with Gasteiger partial charge in [-0.1, -0.05) is 6.07 Å². The van der Waals surface area contributed by atoms with Crippen LogP contribution in [0.4, 0.5) is 11.4 Å². The highest BCUT2D eigenvalue weighted by Crippen LogP contribution is 2.34. The van der Waals surface area contributed by atoms with Crippen molar-refractivity contribution in [2.24, 2.45) is 0 Å². The number of benzene rings is 2. The Balaban J connectivity index is 1.66. The molecular weight excluding hydrogens is 430 g/mol. The second-order valence-electron chi connectivity index (χ2n) is 7.27. The van der Waals surface area contributed by atoms with Gasteiger partial charge in [0.15, 0.2) is 0 Å². The summed E-state index contributed by atoms with van der Waals surface area (Å²) in [6.07, 6.45) is 4.78. The SMILES string of the molecule is COc1ccc(S(=O)(=O)Nc2ccc3c(c2)N(C(=O)c2cccnc2)CCC3)c(OC)c1. The van der Waals surface area contributed by atoms with E-state index in [1.165, 1.54) is 32.5 Å². The molecule has 1 aliphatic heterocycles. The van der Waals surface area contributed by atoms with E-state index < -0.39 is 10.0 Å². The number of pyridine rings is 1. The van der Waals surface area contributed by atoms with Crippen LogP contribution in [0, 0.1) is 0 Å². The van der Waals surface area contributed by atoms with Crippen molar-refractivity contribution in [3.8, 4) is 11.5 Å². The molecule has 2 aromatic carbocycles. The number of hydrogen-bond acceptors (Lipinski definition) is 6. The monoisotopic (exact) mass is 453 g/mol. The standard InChI is InChI=1S/C23H23N3O5S/c1-30-19-9-10-22(21(14-19)31-2)32(28,29)25-18-8-7-16-6-4-12-26(20(16)13-18)23(27)17-5-3-11-24-15-17/h3,5,7-11,13-15,25H,4,6,12H2,1-2H3. The summed E-state index contributed by atoms with van der Waals surface area (Å²) in [7, 11) is -1.05. The molecule has 1 aliphatic rings. The van der Waals surface area contributed by atoms with Crippen molar-refractivity contribution >= 4 is 27.3 Å². The molecule has 9 heteroatoms. The average Bonchev–Trinajstić information content (AvgIpc) is 2.83. The van der Waals surface area contributed by atoms with Crippen molar-refractivity contribution in [2.75, 3.05) is 30.4 Å². The summed E-state index contributed by atoms with van der Waals surface area (Å²) in [6, 6.07) is 13.2. The van der Waals surface area contributed by atoms with Crippen LogP contribution in [0.25, 0.3) is 0 Å². The number of fused-ring (bicyclic) bond motifs is 1. The molecule has 0 radical (unpaired) electrons. The van der Waals surface area contributed by atoms with Crippen LogP contribution >= 0.6 is 0 Å². The lowest BCUT2D eigenvalue weighted by Crippen LogP contribution is -2.35. The van der Waals surface area contributed by atoms with Crippen LogP contribution in [0.5, 0.6) is 11.5 Å². The van der Waals surface area contributed by atoms with Crippen LogP contribution < -0.4 is 19.1 Å². The van der Waals surface area contributed by atoms with Gasteiger partial charge in [0, 0.05) is 30.7 Å². The third kappa shape index (κ3) is 4.24. The molecule has 0 saturated carbocycles. The molecule has 8 nitrogen and oxygen atoms in total. The van der Waals surface area contributed by atoms with E-state index in [0.29, 0.717) is 29.2 Å². The van der Waals surface area contributed by atoms with E-state index in [4.69, 9.17) is 9.47 Å². The first-order valence-corrected chi connectivity index (χ1v) is 11.5. The number of anilines is 2. The van der Waals surface area contributed by atoms with E-state index in [1.54, 1.807) is 41.4 Å². The number of hydrogen-bond donors (Lipinski definition) is 1. The summed E-state index contributed by atoms with van der Waals surface area (Å²) in [5.41, 5.74) is 2.51. The molecule has 0 fully saturated rings. The number of ether oxygens (including phenoxy) is 2. The molecule has 3 aromatic rings. The quantitative estimate of drug-likeness (QED) is 0.614. The highest BCUT2D eigenvalue weighted by molar-refractivity contribution is 7.92. The molecule has 4 rings (SSSR count). The van der Waals surface area contributed by atoms with E-state index in [0.717, 1.165) is 18.4 Å². The summed E-state index contributed by atoms with van der Waals surface area (Å²) >= 11 is 0. The largest absolute Gasteiger partial charge is 0.497 e. The fourth-order valence-electron chi connectivity index (χ4n) is 3.70. The summed E-state index contributed by atoms with van der Waals surface area (Å²) in [4.78, 5) is 18.7. The highest BCUT2D eigenvalue weighted by Gasteiger charge is 2.26. The van der Waals surface area contributed by atoms with Crippen LogP contribution in [0.1, 0.15) is 22.3 Å². The fraction of sp³-hybridized carbons (Fsp3) is 0.217. The zero-order chi connectivity index (χ0) is 22.7. The van der Waals surface area contributed by atoms with Gasteiger partial charge in [0.25, 0.3) is 15.9 Å². The Morgan fingerprint density at radius 1 is 1.09 bits per heavy atom. The van der Waals surface area contributed by atoms with Crippen molar-refractivity contribution in [1.82, 2.24) is 4.98 Å². The van der Waals surface area contributed by atoms with Gasteiger partial charge in [0.05, 0.1) is 25.5 Å². The third-order valence-corrected chi connectivity index (χ3v) is 6.69. The Kier molecular flexibility index (Phi) is 6.00. The first kappa shape index (κ1) is 21.6. The lowest BCUT2D eigenvalue weighted by molar-refractivity contribution is 0.0984. The molecule has 1 aromatic heterocycles. The summed E-state index contributed by atoms with van der Waals surface area (Å²) in [6.45, 7) is 0.545. The van der Waals surface area contributed by atoms with Gasteiger partial charge < -0.3 is 14.4 Å². The molecular formula is C23H23N3O5S. The number of amides is 1. The van der Waals surface area contributed by atoms with Gasteiger partial charge in [0.1, 0.15) is 16.4 Å². The number of sulfonamides is 1. The Hall–Kier alpha value is -3.59. The lowest BCUT2D eigenvalue weighted by Gasteiger charge is -2.30. The topological polar surface area (TPSA) is 97.8 Å². The van der Waals surface area contributed by atoms with Gasteiger partial charge in [-0.25, -0.2) is 8.42 Å². The molecule has 166 valence electrons. The number of aromatic nitrogens is 1. The third-order valence-electron chi connectivity index (χ3n) is 5.27. The number of carbonyl (C=O) groups is 1. The zero-order valence-corrected chi connectivity index (χ0v) is 18.6. The number of nitrogens with one attached hydrogen (secondary N) is 1. The smallest absolute Gasteiger partial charge is 0.265 e. The van der Waals surface area contributed by atoms with Crippen LogP contribution in [0.2, 0.25) is 0 Å². The molecule has 0 unspecified atom stereocenters. The zero-order valence-electron chi connectivity index (χ0n) is 17.7. The molecule has 2 heterocycles. The normalized spacial score (nSPS) is 13.2. The van der Waals surface area contributed by atoms with Crippen molar-refractivity contribution in [2.45, 2.75) is 17.7 Å². The maximum Gasteiger partial charge on any atom is 0.265 e. The Bertz CT molecular complexity index is 1250. The minimum absolute atomic E-state index is 0.0122. The second-order valence-corrected chi connectivity index (χ2v) is 8.92. The van der Waals surface area contributed by atoms with E-state index in [9.17, 15) is 13.2 Å². The number of nitrogens with zero attached hydrogens (tertiary/aromatic N) is 2. The lowest BCUT2D eigenvalue weighted by atomic mass is 10.0. The minimum atomic E-state index is -3.94. The maximum absolute atomic E-state index is 13.1. The predicted octanol–water partition coefficient (Wildman–Crippen LogP) is 3.49. The fourth-order valence-corrected chi connectivity index (χ4v) is 4.90. The molecule has 1 N–H and O–H groups in total. The van der Waals surface area contributed by atoms with Crippen molar-refractivity contribution < 1.29 is 22.7 Å². The maximum atomic E-state index is 13.1. The summed E-state index contributed by atoms with van der Waals surface area (Å²) < 4.78 is 39.1. The Labute approximate surface area is 186 Å². The first-order valence-electron chi connectivity index (χ1n) is 10.0. The molecule has 0 spiro atoms. The van der Waals surface area contributed by atoms with Gasteiger partial charge in [-0.2, -0.15) is 0 Å². The molecule has 0 saturated heterocycles. The minimum Gasteiger partial charge on any atom is -0.497 e. The van der Waals surface area contributed by atoms with Crippen molar-refractivity contribution in [3.63, 3.8) is 0 Å². The van der Waals surface area contributed by atoms with E-state index in [2.05, 4.69) is 9.71 Å². The highest BCUT2D eigenvalue weighted by atomic mass is 32.2. The number of methoxy groups -OCH3 is 2. The first-order chi connectivity index (χ1) is 15.4. The summed E-state index contributed by atoms with van der Waals surface area (Å²) in [5.74, 6) is 0.484. The Morgan fingerprint density at radius 3 is 2.66 bits per heavy atom. The van der Waals surface area contributed by atoms with Crippen LogP contribution in [-0.4, -0.2) is 40.1 Å². The van der Waals surface area contributed by atoms with Gasteiger partial charge in [-0.15, -0.1) is 0 Å². The number of rotatable bonds is 6. The molecule has 0 atom stereocenters. The molecule has 0 bridgehead atoms. The molecule has 1 amide bonds. The number of aryl methyl sites for hydroxylation is 1. The Morgan fingerprint density at radius 2 is 1.94 bits per heavy atom.